The molecule has 2 aliphatic rings. The third kappa shape index (κ3) is 2.52. The van der Waals surface area contributed by atoms with Crippen LogP contribution >= 0.6 is 0 Å². The first-order chi connectivity index (χ1) is 8.83. The maximum atomic E-state index is 3.46. The van der Waals surface area contributed by atoms with Crippen LogP contribution in [0.25, 0.3) is 0 Å². The molecule has 0 spiro atoms. The Hall–Kier alpha value is -1.06. The smallest absolute Gasteiger partial charge is 0.0397 e. The Bertz CT molecular complexity index is 408. The van der Waals surface area contributed by atoms with Crippen LogP contribution < -0.4 is 10.2 Å². The molecule has 0 atom stereocenters. The second-order valence-electron chi connectivity index (χ2n) is 5.51. The minimum absolute atomic E-state index is 1.11. The van der Waals surface area contributed by atoms with Crippen LogP contribution in [-0.4, -0.2) is 44.7 Å². The fraction of sp³-hybridized carbons (Fsp3) is 0.600. The Kier molecular flexibility index (Phi) is 3.52. The summed E-state index contributed by atoms with van der Waals surface area (Å²) >= 11 is 0. The zero-order valence-corrected chi connectivity index (χ0v) is 11.3. The summed E-state index contributed by atoms with van der Waals surface area (Å²) in [5.41, 5.74) is 4.44. The number of nitrogens with one attached hydrogen (secondary N) is 1. The Morgan fingerprint density at radius 2 is 2.11 bits per heavy atom. The molecule has 2 heterocycles. The van der Waals surface area contributed by atoms with E-state index in [4.69, 9.17) is 0 Å². The van der Waals surface area contributed by atoms with Crippen molar-refractivity contribution in [1.82, 2.24) is 10.2 Å². The number of hydrogen-bond donors (Lipinski definition) is 1. The quantitative estimate of drug-likeness (QED) is 0.851. The molecular weight excluding hydrogens is 222 g/mol. The average Bonchev–Trinajstić information content (AvgIpc) is 2.60. The minimum atomic E-state index is 1.11. The highest BCUT2D eigenvalue weighted by atomic mass is 15.1. The van der Waals surface area contributed by atoms with E-state index in [0.717, 1.165) is 13.1 Å². The van der Waals surface area contributed by atoms with Crippen molar-refractivity contribution >= 4 is 5.69 Å². The van der Waals surface area contributed by atoms with Gasteiger partial charge < -0.3 is 10.2 Å². The molecule has 3 heteroatoms. The Morgan fingerprint density at radius 3 is 3.06 bits per heavy atom. The van der Waals surface area contributed by atoms with Crippen molar-refractivity contribution in [2.24, 2.45) is 0 Å². The molecule has 1 fully saturated rings. The second-order valence-corrected chi connectivity index (χ2v) is 5.51. The Balaban J connectivity index is 1.69. The van der Waals surface area contributed by atoms with E-state index in [1.165, 1.54) is 55.8 Å². The predicted molar refractivity (Wildman–Crippen MR) is 76.2 cm³/mol. The number of rotatable bonds is 2. The number of hydrogen-bond acceptors (Lipinski definition) is 3. The third-order valence-corrected chi connectivity index (χ3v) is 4.11. The lowest BCUT2D eigenvalue weighted by Crippen LogP contribution is -2.27. The zero-order chi connectivity index (χ0) is 12.4. The van der Waals surface area contributed by atoms with E-state index in [1.54, 1.807) is 0 Å². The fourth-order valence-corrected chi connectivity index (χ4v) is 3.04. The van der Waals surface area contributed by atoms with Gasteiger partial charge in [-0.05, 0) is 43.1 Å². The molecule has 0 saturated carbocycles. The summed E-state index contributed by atoms with van der Waals surface area (Å²) in [6.07, 6.45) is 2.48. The van der Waals surface area contributed by atoms with Crippen LogP contribution in [-0.2, 0) is 13.0 Å². The van der Waals surface area contributed by atoms with E-state index >= 15 is 0 Å². The lowest BCUT2D eigenvalue weighted by atomic mass is 10.1. The highest BCUT2D eigenvalue weighted by Crippen LogP contribution is 2.27. The van der Waals surface area contributed by atoms with Gasteiger partial charge in [0.2, 0.25) is 0 Å². The monoisotopic (exact) mass is 245 g/mol. The van der Waals surface area contributed by atoms with Crippen LogP contribution in [0.15, 0.2) is 18.2 Å². The van der Waals surface area contributed by atoms with Gasteiger partial charge >= 0.3 is 0 Å². The van der Waals surface area contributed by atoms with Gasteiger partial charge in [0.25, 0.3) is 0 Å². The first-order valence-electron chi connectivity index (χ1n) is 7.09. The highest BCUT2D eigenvalue weighted by Gasteiger charge is 2.16. The summed E-state index contributed by atoms with van der Waals surface area (Å²) in [5.74, 6) is 0. The van der Waals surface area contributed by atoms with Gasteiger partial charge in [0.05, 0.1) is 0 Å². The normalized spacial score (nSPS) is 20.8. The van der Waals surface area contributed by atoms with Crippen LogP contribution in [0.5, 0.6) is 0 Å². The van der Waals surface area contributed by atoms with Crippen molar-refractivity contribution in [3.63, 3.8) is 0 Å². The molecule has 18 heavy (non-hydrogen) atoms. The molecule has 0 radical (unpaired) electrons. The van der Waals surface area contributed by atoms with Gasteiger partial charge in [-0.25, -0.2) is 0 Å². The molecule has 3 nitrogen and oxygen atoms in total. The zero-order valence-electron chi connectivity index (χ0n) is 11.3. The molecule has 0 aromatic heterocycles. The van der Waals surface area contributed by atoms with E-state index in [9.17, 15) is 0 Å². The van der Waals surface area contributed by atoms with Crippen molar-refractivity contribution < 1.29 is 0 Å². The van der Waals surface area contributed by atoms with Gasteiger partial charge in [0.15, 0.2) is 0 Å². The van der Waals surface area contributed by atoms with Crippen LogP contribution in [0.2, 0.25) is 0 Å². The summed E-state index contributed by atoms with van der Waals surface area (Å²) in [5, 5.41) is 3.46. The largest absolute Gasteiger partial charge is 0.374 e. The molecule has 1 aromatic carbocycles. The van der Waals surface area contributed by atoms with Gasteiger partial charge in [-0.1, -0.05) is 12.1 Å². The topological polar surface area (TPSA) is 18.5 Å². The molecule has 0 bridgehead atoms. The molecule has 98 valence electrons. The molecule has 1 N–H and O–H groups in total. The van der Waals surface area contributed by atoms with Gasteiger partial charge in [0.1, 0.15) is 0 Å². The van der Waals surface area contributed by atoms with Gasteiger partial charge in [-0.3, -0.25) is 4.90 Å². The first kappa shape index (κ1) is 12.0. The molecule has 0 amide bonds. The van der Waals surface area contributed by atoms with Crippen LogP contribution in [0, 0.1) is 0 Å². The average molecular weight is 245 g/mol. The number of likely N-dealkylation sites (N-methyl/N-ethyl adjacent to an activating group) is 1. The van der Waals surface area contributed by atoms with E-state index in [-0.39, 0.29) is 0 Å². The maximum absolute atomic E-state index is 3.46. The summed E-state index contributed by atoms with van der Waals surface area (Å²) in [7, 11) is 2.19. The van der Waals surface area contributed by atoms with Crippen molar-refractivity contribution in [2.45, 2.75) is 19.4 Å². The van der Waals surface area contributed by atoms with E-state index in [1.807, 2.05) is 0 Å². The SMILES string of the molecule is CN1CCc2cc(CN3CCCNCC3)ccc21. The van der Waals surface area contributed by atoms with E-state index in [0.29, 0.717) is 0 Å². The van der Waals surface area contributed by atoms with Gasteiger partial charge in [-0.2, -0.15) is 0 Å². The molecule has 0 aliphatic carbocycles. The number of fused-ring (bicyclic) bond motifs is 1. The summed E-state index contributed by atoms with van der Waals surface area (Å²) in [6, 6.07) is 7.02. The number of benzene rings is 1. The highest BCUT2D eigenvalue weighted by molar-refractivity contribution is 5.58. The molecule has 1 saturated heterocycles. The Morgan fingerprint density at radius 1 is 1.17 bits per heavy atom. The van der Waals surface area contributed by atoms with Crippen LogP contribution in [0.4, 0.5) is 5.69 Å². The molecule has 2 aliphatic heterocycles. The molecule has 1 aromatic rings. The third-order valence-electron chi connectivity index (χ3n) is 4.11. The van der Waals surface area contributed by atoms with Crippen molar-refractivity contribution in [3.8, 4) is 0 Å². The fourth-order valence-electron chi connectivity index (χ4n) is 3.04. The standard InChI is InChI=1S/C15H23N3/c1-17-9-5-14-11-13(3-4-15(14)17)12-18-8-2-6-16-7-10-18/h3-4,11,16H,2,5-10,12H2,1H3. The number of nitrogens with zero attached hydrogens (tertiary/aromatic N) is 2. The lowest BCUT2D eigenvalue weighted by molar-refractivity contribution is 0.284. The molecule has 0 unspecified atom stereocenters. The predicted octanol–water partition coefficient (Wildman–Crippen LogP) is 1.47. The van der Waals surface area contributed by atoms with Crippen LogP contribution in [0.1, 0.15) is 17.5 Å². The maximum Gasteiger partial charge on any atom is 0.0397 e. The van der Waals surface area contributed by atoms with E-state index < -0.39 is 0 Å². The minimum Gasteiger partial charge on any atom is -0.374 e. The number of anilines is 1. The first-order valence-corrected chi connectivity index (χ1v) is 7.09. The van der Waals surface area contributed by atoms with Crippen LogP contribution in [0.3, 0.4) is 0 Å². The van der Waals surface area contributed by atoms with Crippen molar-refractivity contribution in [1.29, 1.82) is 0 Å². The van der Waals surface area contributed by atoms with Crippen molar-refractivity contribution in [2.75, 3.05) is 44.7 Å². The lowest BCUT2D eigenvalue weighted by Gasteiger charge is -2.20. The second kappa shape index (κ2) is 5.29. The molecular formula is C15H23N3. The summed E-state index contributed by atoms with van der Waals surface area (Å²) < 4.78 is 0. The Labute approximate surface area is 110 Å². The summed E-state index contributed by atoms with van der Waals surface area (Å²) in [6.45, 7) is 6.99. The van der Waals surface area contributed by atoms with Gasteiger partial charge in [-0.15, -0.1) is 0 Å². The summed E-state index contributed by atoms with van der Waals surface area (Å²) in [4.78, 5) is 4.93. The van der Waals surface area contributed by atoms with Crippen molar-refractivity contribution in [3.05, 3.63) is 29.3 Å². The van der Waals surface area contributed by atoms with E-state index in [2.05, 4.69) is 40.4 Å². The van der Waals surface area contributed by atoms with Gasteiger partial charge in [0, 0.05) is 38.9 Å². The molecule has 3 rings (SSSR count).